The molecule has 0 spiro atoms. The van der Waals surface area contributed by atoms with Gasteiger partial charge in [0.25, 0.3) is 0 Å². The molecule has 2 atom stereocenters. The van der Waals surface area contributed by atoms with E-state index in [0.29, 0.717) is 11.2 Å². The van der Waals surface area contributed by atoms with Gasteiger partial charge in [-0.05, 0) is 5.41 Å². The Morgan fingerprint density at radius 3 is 2.90 bits per heavy atom. The quantitative estimate of drug-likeness (QED) is 0.598. The van der Waals surface area contributed by atoms with E-state index < -0.39 is 0 Å². The van der Waals surface area contributed by atoms with Gasteiger partial charge in [-0.15, -0.1) is 11.8 Å². The van der Waals surface area contributed by atoms with Crippen molar-refractivity contribution in [1.29, 1.82) is 0 Å². The first kappa shape index (κ1) is 6.74. The van der Waals surface area contributed by atoms with Crippen molar-refractivity contribution in [3.63, 3.8) is 0 Å². The molecule has 0 nitrogen and oxygen atoms in total. The topological polar surface area (TPSA) is 0 Å². The Kier molecular flexibility index (Phi) is 1.75. The van der Waals surface area contributed by atoms with Crippen LogP contribution in [0.5, 0.6) is 0 Å². The summed E-state index contributed by atoms with van der Waals surface area (Å²) in [7, 11) is 0. The van der Waals surface area contributed by atoms with Gasteiger partial charge in [-0.3, -0.25) is 0 Å². The van der Waals surface area contributed by atoms with E-state index in [4.69, 9.17) is 0 Å². The molecule has 0 radical (unpaired) electrons. The van der Waals surface area contributed by atoms with Gasteiger partial charge in [0.05, 0.1) is 0 Å². The minimum Gasteiger partial charge on any atom is -0.125 e. The zero-order valence-corrected chi connectivity index (χ0v) is 7.73. The number of hydrogen-bond acceptors (Lipinski definition) is 1. The summed E-state index contributed by atoms with van der Waals surface area (Å²) in [4.78, 5) is 0. The lowest BCUT2D eigenvalue weighted by Gasteiger charge is -2.14. The minimum atomic E-state index is 0.606. The molecule has 1 heterocycles. The lowest BCUT2D eigenvalue weighted by atomic mass is 10.0. The van der Waals surface area contributed by atoms with Crippen LogP contribution >= 0.6 is 27.7 Å². The second-order valence-corrected chi connectivity index (χ2v) is 4.37. The van der Waals surface area contributed by atoms with E-state index >= 15 is 0 Å². The molecule has 0 N–H and O–H groups in total. The average molecular weight is 215 g/mol. The van der Waals surface area contributed by atoms with Crippen LogP contribution < -0.4 is 0 Å². The third-order valence-corrected chi connectivity index (χ3v) is 3.96. The van der Waals surface area contributed by atoms with Gasteiger partial charge in [-0.25, -0.2) is 0 Å². The van der Waals surface area contributed by atoms with Crippen LogP contribution in [0.15, 0.2) is 34.2 Å². The fourth-order valence-electron chi connectivity index (χ4n) is 1.19. The Morgan fingerprint density at radius 2 is 2.10 bits per heavy atom. The molecule has 2 aliphatic rings. The van der Waals surface area contributed by atoms with Crippen molar-refractivity contribution in [2.24, 2.45) is 5.92 Å². The Balaban J connectivity index is 2.27. The van der Waals surface area contributed by atoms with Crippen molar-refractivity contribution in [3.8, 4) is 0 Å². The molecule has 2 heteroatoms. The number of fused-ring (bicyclic) bond motifs is 1. The second kappa shape index (κ2) is 2.59. The summed E-state index contributed by atoms with van der Waals surface area (Å²) < 4.78 is 1.32. The van der Waals surface area contributed by atoms with Crippen LogP contribution in [0, 0.1) is 5.92 Å². The highest BCUT2D eigenvalue weighted by atomic mass is 79.9. The first-order chi connectivity index (χ1) is 4.88. The number of rotatable bonds is 0. The fourth-order valence-corrected chi connectivity index (χ4v) is 3.16. The summed E-state index contributed by atoms with van der Waals surface area (Å²) in [5.41, 5.74) is 0. The standard InChI is InChI=1S/C8H7BrS/c9-7-5-10-8-4-2-1-3-6(7)8/h1-6,8H. The van der Waals surface area contributed by atoms with Crippen molar-refractivity contribution < 1.29 is 0 Å². The molecule has 0 aromatic heterocycles. The largest absolute Gasteiger partial charge is 0.125 e. The van der Waals surface area contributed by atoms with Gasteiger partial charge in [0.1, 0.15) is 0 Å². The number of thioether (sulfide) groups is 1. The maximum atomic E-state index is 3.54. The number of allylic oxidation sites excluding steroid dienone is 4. The van der Waals surface area contributed by atoms with Crippen molar-refractivity contribution in [2.75, 3.05) is 0 Å². The summed E-state index contributed by atoms with van der Waals surface area (Å²) in [6, 6.07) is 0. The molecule has 0 aromatic rings. The third kappa shape index (κ3) is 0.995. The van der Waals surface area contributed by atoms with Crippen molar-refractivity contribution in [1.82, 2.24) is 0 Å². The van der Waals surface area contributed by atoms with E-state index in [2.05, 4.69) is 45.6 Å². The highest BCUT2D eigenvalue weighted by molar-refractivity contribution is 9.11. The Labute approximate surface area is 73.2 Å². The molecule has 0 saturated heterocycles. The van der Waals surface area contributed by atoms with E-state index in [1.165, 1.54) is 4.48 Å². The van der Waals surface area contributed by atoms with Crippen LogP contribution in [0.25, 0.3) is 0 Å². The molecule has 1 aliphatic carbocycles. The number of hydrogen-bond donors (Lipinski definition) is 0. The van der Waals surface area contributed by atoms with Gasteiger partial charge >= 0.3 is 0 Å². The van der Waals surface area contributed by atoms with Crippen LogP contribution in [0.4, 0.5) is 0 Å². The molecule has 0 amide bonds. The maximum absolute atomic E-state index is 3.54. The maximum Gasteiger partial charge on any atom is 0.0380 e. The lowest BCUT2D eigenvalue weighted by molar-refractivity contribution is 0.847. The van der Waals surface area contributed by atoms with Crippen molar-refractivity contribution in [3.05, 3.63) is 34.2 Å². The molecule has 0 bridgehead atoms. The van der Waals surface area contributed by atoms with Crippen LogP contribution in [0.2, 0.25) is 0 Å². The Bertz CT molecular complexity index is 227. The van der Waals surface area contributed by atoms with Crippen molar-refractivity contribution >= 4 is 27.7 Å². The molecular formula is C8H7BrS. The Hall–Kier alpha value is 0.0500. The third-order valence-electron chi connectivity index (χ3n) is 1.74. The lowest BCUT2D eigenvalue weighted by Crippen LogP contribution is -2.09. The smallest absolute Gasteiger partial charge is 0.0380 e. The predicted octanol–water partition coefficient (Wildman–Crippen LogP) is 3.08. The number of halogens is 1. The SMILES string of the molecule is BrC1=CSC2C=CC=CC12. The predicted molar refractivity (Wildman–Crippen MR) is 50.2 cm³/mol. The fraction of sp³-hybridized carbons (Fsp3) is 0.250. The highest BCUT2D eigenvalue weighted by Crippen LogP contribution is 2.41. The van der Waals surface area contributed by atoms with Gasteiger partial charge in [0.2, 0.25) is 0 Å². The van der Waals surface area contributed by atoms with Gasteiger partial charge in [0, 0.05) is 15.7 Å². The summed E-state index contributed by atoms with van der Waals surface area (Å²) in [5.74, 6) is 0.606. The van der Waals surface area contributed by atoms with Gasteiger partial charge in [-0.1, -0.05) is 40.2 Å². The van der Waals surface area contributed by atoms with Crippen LogP contribution in [-0.2, 0) is 0 Å². The summed E-state index contributed by atoms with van der Waals surface area (Å²) in [6.45, 7) is 0. The monoisotopic (exact) mass is 214 g/mol. The molecule has 2 rings (SSSR count). The van der Waals surface area contributed by atoms with Gasteiger partial charge < -0.3 is 0 Å². The van der Waals surface area contributed by atoms with Gasteiger partial charge in [-0.2, -0.15) is 0 Å². The normalized spacial score (nSPS) is 35.9. The molecule has 1 aliphatic heterocycles. The zero-order valence-electron chi connectivity index (χ0n) is 5.33. The van der Waals surface area contributed by atoms with E-state index in [9.17, 15) is 0 Å². The molecule has 52 valence electrons. The Morgan fingerprint density at radius 1 is 1.30 bits per heavy atom. The van der Waals surface area contributed by atoms with Crippen LogP contribution in [0.1, 0.15) is 0 Å². The van der Waals surface area contributed by atoms with Crippen LogP contribution in [-0.4, -0.2) is 5.25 Å². The molecular weight excluding hydrogens is 208 g/mol. The highest BCUT2D eigenvalue weighted by Gasteiger charge is 2.25. The van der Waals surface area contributed by atoms with E-state index in [0.717, 1.165) is 0 Å². The van der Waals surface area contributed by atoms with E-state index in [-0.39, 0.29) is 0 Å². The summed E-state index contributed by atoms with van der Waals surface area (Å²) in [5, 5.41) is 2.84. The summed E-state index contributed by atoms with van der Waals surface area (Å²) in [6.07, 6.45) is 8.72. The van der Waals surface area contributed by atoms with E-state index in [1.54, 1.807) is 0 Å². The van der Waals surface area contributed by atoms with Crippen LogP contribution in [0.3, 0.4) is 0 Å². The molecule has 10 heavy (non-hydrogen) atoms. The van der Waals surface area contributed by atoms with Gasteiger partial charge in [0.15, 0.2) is 0 Å². The zero-order chi connectivity index (χ0) is 6.97. The first-order valence-electron chi connectivity index (χ1n) is 3.24. The second-order valence-electron chi connectivity index (χ2n) is 2.40. The summed E-state index contributed by atoms with van der Waals surface area (Å²) >= 11 is 5.42. The minimum absolute atomic E-state index is 0.606. The molecule has 0 saturated carbocycles. The molecule has 2 unspecified atom stereocenters. The van der Waals surface area contributed by atoms with Crippen molar-refractivity contribution in [2.45, 2.75) is 5.25 Å². The van der Waals surface area contributed by atoms with E-state index in [1.807, 2.05) is 11.8 Å². The average Bonchev–Trinajstić information content (AvgIpc) is 2.34. The molecule has 0 fully saturated rings. The first-order valence-corrected chi connectivity index (χ1v) is 4.97. The molecule has 0 aromatic carbocycles.